The number of halogens is 1. The molecule has 0 fully saturated rings. The topological polar surface area (TPSA) is 86.7 Å². The molecule has 0 saturated carbocycles. The number of benzene rings is 2. The van der Waals surface area contributed by atoms with E-state index in [2.05, 4.69) is 15.9 Å². The highest BCUT2D eigenvalue weighted by Gasteiger charge is 2.28. The average molecular weight is 411 g/mol. The zero-order valence-corrected chi connectivity index (χ0v) is 15.0. The van der Waals surface area contributed by atoms with Crippen molar-refractivity contribution in [3.8, 4) is 0 Å². The molecule has 0 bridgehead atoms. The molecule has 0 unspecified atom stereocenters. The van der Waals surface area contributed by atoms with Gasteiger partial charge in [0.05, 0.1) is 4.90 Å². The number of hydrogen-bond acceptors (Lipinski definition) is 4. The summed E-state index contributed by atoms with van der Waals surface area (Å²) in [4.78, 5) is 11.8. The Morgan fingerprint density at radius 1 is 1.12 bits per heavy atom. The van der Waals surface area contributed by atoms with Gasteiger partial charge in [0.1, 0.15) is 0 Å². The van der Waals surface area contributed by atoms with Crippen molar-refractivity contribution in [2.45, 2.75) is 17.9 Å². The number of hydroxylamine groups is 1. The normalized spacial score (nSPS) is 14.9. The SMILES string of the molecule is O=C(NO)c1ccc2c(c1)CN(S(=O)(=O)c1ccc(Br)cc1)CC2. The van der Waals surface area contributed by atoms with Crippen LogP contribution in [0, 0.1) is 0 Å². The minimum atomic E-state index is -3.60. The molecule has 3 rings (SSSR count). The fraction of sp³-hybridized carbons (Fsp3) is 0.188. The summed E-state index contributed by atoms with van der Waals surface area (Å²) in [6.07, 6.45) is 0.576. The summed E-state index contributed by atoms with van der Waals surface area (Å²) in [5.74, 6) is -0.620. The first-order valence-corrected chi connectivity index (χ1v) is 9.47. The van der Waals surface area contributed by atoms with Crippen molar-refractivity contribution in [1.82, 2.24) is 9.79 Å². The van der Waals surface area contributed by atoms with Crippen LogP contribution < -0.4 is 5.48 Å². The van der Waals surface area contributed by atoms with Crippen LogP contribution in [0.3, 0.4) is 0 Å². The van der Waals surface area contributed by atoms with Gasteiger partial charge in [0.2, 0.25) is 10.0 Å². The molecule has 1 amide bonds. The van der Waals surface area contributed by atoms with Crippen LogP contribution in [0.2, 0.25) is 0 Å². The Kier molecular flexibility index (Phi) is 4.73. The predicted octanol–water partition coefficient (Wildman–Crippen LogP) is 2.32. The molecule has 0 atom stereocenters. The minimum absolute atomic E-state index is 0.195. The second-order valence-corrected chi connectivity index (χ2v) is 8.32. The third-order valence-corrected chi connectivity index (χ3v) is 6.39. The number of carbonyl (C=O) groups is 1. The van der Waals surface area contributed by atoms with E-state index in [1.807, 2.05) is 0 Å². The molecule has 0 spiro atoms. The van der Waals surface area contributed by atoms with Gasteiger partial charge in [-0.05, 0) is 53.9 Å². The molecule has 1 heterocycles. The third kappa shape index (κ3) is 3.23. The van der Waals surface area contributed by atoms with Crippen LogP contribution in [0.4, 0.5) is 0 Å². The van der Waals surface area contributed by atoms with Crippen LogP contribution in [0.25, 0.3) is 0 Å². The maximum absolute atomic E-state index is 12.8. The summed E-state index contributed by atoms with van der Waals surface area (Å²) in [5, 5.41) is 8.73. The lowest BCUT2D eigenvalue weighted by Gasteiger charge is -2.28. The summed E-state index contributed by atoms with van der Waals surface area (Å²) in [7, 11) is -3.60. The molecule has 126 valence electrons. The highest BCUT2D eigenvalue weighted by Crippen LogP contribution is 2.26. The first-order chi connectivity index (χ1) is 11.4. The Balaban J connectivity index is 1.91. The van der Waals surface area contributed by atoms with Crippen molar-refractivity contribution >= 4 is 31.9 Å². The minimum Gasteiger partial charge on any atom is -0.288 e. The quantitative estimate of drug-likeness (QED) is 0.600. The summed E-state index contributed by atoms with van der Waals surface area (Å²) >= 11 is 3.29. The molecule has 2 aromatic rings. The monoisotopic (exact) mass is 410 g/mol. The van der Waals surface area contributed by atoms with Crippen LogP contribution >= 0.6 is 15.9 Å². The van der Waals surface area contributed by atoms with Gasteiger partial charge < -0.3 is 0 Å². The van der Waals surface area contributed by atoms with Crippen LogP contribution in [0.15, 0.2) is 51.8 Å². The standard InChI is InChI=1S/C16H15BrN2O4S/c17-14-3-5-15(6-4-14)24(22,23)19-8-7-11-1-2-12(16(20)18-21)9-13(11)10-19/h1-6,9,21H,7-8,10H2,(H,18,20). The zero-order valence-electron chi connectivity index (χ0n) is 12.6. The van der Waals surface area contributed by atoms with Gasteiger partial charge in [-0.2, -0.15) is 4.31 Å². The molecular formula is C16H15BrN2O4S. The van der Waals surface area contributed by atoms with E-state index in [4.69, 9.17) is 5.21 Å². The fourth-order valence-corrected chi connectivity index (χ4v) is 4.38. The van der Waals surface area contributed by atoms with Crippen LogP contribution in [-0.4, -0.2) is 30.4 Å². The van der Waals surface area contributed by atoms with Gasteiger partial charge in [-0.1, -0.05) is 22.0 Å². The smallest absolute Gasteiger partial charge is 0.274 e. The summed E-state index contributed by atoms with van der Waals surface area (Å²) in [6.45, 7) is 0.581. The van der Waals surface area contributed by atoms with E-state index in [9.17, 15) is 13.2 Å². The zero-order chi connectivity index (χ0) is 17.3. The Labute approximate surface area is 148 Å². The van der Waals surface area contributed by atoms with E-state index in [-0.39, 0.29) is 11.4 Å². The van der Waals surface area contributed by atoms with Gasteiger partial charge in [-0.15, -0.1) is 0 Å². The Bertz CT molecular complexity index is 881. The molecule has 6 nitrogen and oxygen atoms in total. The average Bonchev–Trinajstić information content (AvgIpc) is 2.60. The van der Waals surface area contributed by atoms with Crippen molar-refractivity contribution in [3.05, 3.63) is 63.6 Å². The van der Waals surface area contributed by atoms with Crippen molar-refractivity contribution in [2.24, 2.45) is 0 Å². The fourth-order valence-electron chi connectivity index (χ4n) is 2.70. The summed E-state index contributed by atoms with van der Waals surface area (Å²) in [6, 6.07) is 11.5. The lowest BCUT2D eigenvalue weighted by molar-refractivity contribution is 0.0706. The largest absolute Gasteiger partial charge is 0.288 e. The van der Waals surface area contributed by atoms with Crippen molar-refractivity contribution < 1.29 is 18.4 Å². The maximum Gasteiger partial charge on any atom is 0.274 e. The molecule has 8 heteroatoms. The molecule has 24 heavy (non-hydrogen) atoms. The van der Waals surface area contributed by atoms with E-state index in [0.29, 0.717) is 18.5 Å². The Morgan fingerprint density at radius 3 is 2.50 bits per heavy atom. The number of carbonyl (C=O) groups excluding carboxylic acids is 1. The molecule has 0 aromatic heterocycles. The Morgan fingerprint density at radius 2 is 1.83 bits per heavy atom. The maximum atomic E-state index is 12.8. The van der Waals surface area contributed by atoms with Gasteiger partial charge in [0.25, 0.3) is 5.91 Å². The second kappa shape index (κ2) is 6.64. The van der Waals surface area contributed by atoms with Gasteiger partial charge in [-0.25, -0.2) is 13.9 Å². The highest BCUT2D eigenvalue weighted by molar-refractivity contribution is 9.10. The van der Waals surface area contributed by atoms with Crippen molar-refractivity contribution in [1.29, 1.82) is 0 Å². The highest BCUT2D eigenvalue weighted by atomic mass is 79.9. The second-order valence-electron chi connectivity index (χ2n) is 5.47. The third-order valence-electron chi connectivity index (χ3n) is 4.00. The number of nitrogens with zero attached hydrogens (tertiary/aromatic N) is 1. The molecule has 1 aliphatic rings. The number of nitrogens with one attached hydrogen (secondary N) is 1. The molecule has 2 aromatic carbocycles. The molecular weight excluding hydrogens is 396 g/mol. The van der Waals surface area contributed by atoms with E-state index in [0.717, 1.165) is 15.6 Å². The number of hydrogen-bond donors (Lipinski definition) is 2. The van der Waals surface area contributed by atoms with Crippen molar-refractivity contribution in [3.63, 3.8) is 0 Å². The molecule has 0 radical (unpaired) electrons. The lowest BCUT2D eigenvalue weighted by Crippen LogP contribution is -2.36. The molecule has 0 aliphatic carbocycles. The van der Waals surface area contributed by atoms with Crippen LogP contribution in [0.1, 0.15) is 21.5 Å². The number of fused-ring (bicyclic) bond motifs is 1. The van der Waals surface area contributed by atoms with Crippen LogP contribution in [-0.2, 0) is 23.0 Å². The van der Waals surface area contributed by atoms with Crippen molar-refractivity contribution in [2.75, 3.05) is 6.54 Å². The first-order valence-electron chi connectivity index (χ1n) is 7.24. The first kappa shape index (κ1) is 17.1. The molecule has 1 aliphatic heterocycles. The summed E-state index contributed by atoms with van der Waals surface area (Å²) < 4.78 is 27.8. The van der Waals surface area contributed by atoms with E-state index in [1.54, 1.807) is 47.9 Å². The Hall–Kier alpha value is -1.74. The number of rotatable bonds is 3. The van der Waals surface area contributed by atoms with Gasteiger partial charge >= 0.3 is 0 Å². The van der Waals surface area contributed by atoms with Gasteiger partial charge in [0.15, 0.2) is 0 Å². The number of sulfonamides is 1. The number of amides is 1. The van der Waals surface area contributed by atoms with E-state index >= 15 is 0 Å². The lowest BCUT2D eigenvalue weighted by atomic mass is 9.98. The predicted molar refractivity (Wildman–Crippen MR) is 91.1 cm³/mol. The van der Waals surface area contributed by atoms with Gasteiger partial charge in [0, 0.05) is 23.1 Å². The molecule has 0 saturated heterocycles. The van der Waals surface area contributed by atoms with E-state index in [1.165, 1.54) is 4.31 Å². The summed E-state index contributed by atoms with van der Waals surface area (Å²) in [5.41, 5.74) is 3.65. The van der Waals surface area contributed by atoms with Gasteiger partial charge in [-0.3, -0.25) is 10.0 Å². The van der Waals surface area contributed by atoms with E-state index < -0.39 is 15.9 Å². The van der Waals surface area contributed by atoms with Crippen LogP contribution in [0.5, 0.6) is 0 Å². The molecule has 2 N–H and O–H groups in total.